The average molecular weight is 481 g/mol. The van der Waals surface area contributed by atoms with Crippen molar-refractivity contribution in [3.8, 4) is 0 Å². The Labute approximate surface area is 172 Å². The molecule has 8 heteroatoms. The van der Waals surface area contributed by atoms with E-state index in [0.29, 0.717) is 18.5 Å². The molecule has 144 valence electrons. The van der Waals surface area contributed by atoms with Gasteiger partial charge in [0, 0.05) is 37.1 Å². The first-order valence-electron chi connectivity index (χ1n) is 8.84. The lowest BCUT2D eigenvalue weighted by Crippen LogP contribution is -2.52. The highest BCUT2D eigenvalue weighted by atomic mass is 127. The van der Waals surface area contributed by atoms with E-state index in [9.17, 15) is 0 Å². The second-order valence-corrected chi connectivity index (χ2v) is 7.34. The maximum absolute atomic E-state index is 5.48. The van der Waals surface area contributed by atoms with E-state index in [2.05, 4.69) is 41.3 Å². The monoisotopic (exact) mass is 481 g/mol. The van der Waals surface area contributed by atoms with Crippen molar-refractivity contribution in [3.05, 3.63) is 16.1 Å². The number of halogens is 1. The molecule has 0 bridgehead atoms. The summed E-state index contributed by atoms with van der Waals surface area (Å²) in [7, 11) is 0. The molecule has 1 aliphatic rings. The van der Waals surface area contributed by atoms with Crippen LogP contribution in [0.3, 0.4) is 0 Å². The Morgan fingerprint density at radius 2 is 2.08 bits per heavy atom. The normalized spacial score (nSPS) is 17.2. The number of hydrogen-bond donors (Lipinski definition) is 2. The predicted molar refractivity (Wildman–Crippen MR) is 116 cm³/mol. The molecule has 0 radical (unpaired) electrons. The van der Waals surface area contributed by atoms with E-state index in [1.165, 1.54) is 4.88 Å². The smallest absolute Gasteiger partial charge is 0.191 e. The van der Waals surface area contributed by atoms with E-state index in [1.807, 2.05) is 12.4 Å². The van der Waals surface area contributed by atoms with Gasteiger partial charge in [-0.15, -0.1) is 35.3 Å². The molecule has 1 aliphatic heterocycles. The molecule has 2 N–H and O–H groups in total. The van der Waals surface area contributed by atoms with Crippen LogP contribution in [0.25, 0.3) is 0 Å². The molecule has 1 fully saturated rings. The Morgan fingerprint density at radius 1 is 1.36 bits per heavy atom. The minimum Gasteiger partial charge on any atom is -0.379 e. The summed E-state index contributed by atoms with van der Waals surface area (Å²) in [5, 5.41) is 6.86. The van der Waals surface area contributed by atoms with Crippen LogP contribution in [0.15, 0.2) is 10.5 Å². The van der Waals surface area contributed by atoms with Crippen LogP contribution in [-0.4, -0.2) is 61.3 Å². The summed E-state index contributed by atoms with van der Waals surface area (Å²) >= 11 is 1.67. The Hall–Kier alpha value is -0.450. The molecule has 1 unspecified atom stereocenters. The lowest BCUT2D eigenvalue weighted by atomic mass is 10.0. The Kier molecular flexibility index (Phi) is 10.9. The SMILES string of the molecule is CCNC(=NCc1scnc1C)NCC(C(C)C)N1CCOCC1.I. The molecular weight excluding hydrogens is 449 g/mol. The zero-order chi connectivity index (χ0) is 17.4. The fourth-order valence-corrected chi connectivity index (χ4v) is 3.57. The van der Waals surface area contributed by atoms with E-state index in [4.69, 9.17) is 9.73 Å². The second kappa shape index (κ2) is 12.0. The Morgan fingerprint density at radius 3 is 2.64 bits per heavy atom. The first kappa shape index (κ1) is 22.6. The molecule has 1 aromatic heterocycles. The number of ether oxygens (including phenoxy) is 1. The second-order valence-electron chi connectivity index (χ2n) is 6.40. The fraction of sp³-hybridized carbons (Fsp3) is 0.765. The number of rotatable bonds is 7. The zero-order valence-corrected chi connectivity index (χ0v) is 18.9. The van der Waals surface area contributed by atoms with E-state index < -0.39 is 0 Å². The fourth-order valence-electron chi connectivity index (χ4n) is 2.87. The van der Waals surface area contributed by atoms with Crippen molar-refractivity contribution in [2.45, 2.75) is 40.3 Å². The Bertz CT molecular complexity index is 517. The van der Waals surface area contributed by atoms with Crippen LogP contribution in [0.4, 0.5) is 0 Å². The summed E-state index contributed by atoms with van der Waals surface area (Å²) in [5.74, 6) is 1.46. The van der Waals surface area contributed by atoms with Crippen molar-refractivity contribution < 1.29 is 4.74 Å². The molecule has 0 spiro atoms. The Balaban J connectivity index is 0.00000312. The predicted octanol–water partition coefficient (Wildman–Crippen LogP) is 2.48. The van der Waals surface area contributed by atoms with Gasteiger partial charge in [0.25, 0.3) is 0 Å². The number of morpholine rings is 1. The van der Waals surface area contributed by atoms with Gasteiger partial charge in [0.15, 0.2) is 5.96 Å². The van der Waals surface area contributed by atoms with E-state index in [-0.39, 0.29) is 24.0 Å². The molecule has 0 aromatic carbocycles. The quantitative estimate of drug-likeness (QED) is 0.356. The molecule has 2 heterocycles. The van der Waals surface area contributed by atoms with Crippen molar-refractivity contribution in [3.63, 3.8) is 0 Å². The van der Waals surface area contributed by atoms with Crippen LogP contribution in [0.5, 0.6) is 0 Å². The third kappa shape index (κ3) is 7.36. The van der Waals surface area contributed by atoms with Gasteiger partial charge in [-0.2, -0.15) is 0 Å². The number of hydrogen-bond acceptors (Lipinski definition) is 5. The van der Waals surface area contributed by atoms with Gasteiger partial charge < -0.3 is 15.4 Å². The van der Waals surface area contributed by atoms with Gasteiger partial charge in [-0.1, -0.05) is 13.8 Å². The number of nitrogens with zero attached hydrogens (tertiary/aromatic N) is 3. The van der Waals surface area contributed by atoms with Crippen LogP contribution < -0.4 is 10.6 Å². The summed E-state index contributed by atoms with van der Waals surface area (Å²) in [4.78, 5) is 12.8. The third-order valence-corrected chi connectivity index (χ3v) is 5.25. The van der Waals surface area contributed by atoms with E-state index in [1.54, 1.807) is 11.3 Å². The van der Waals surface area contributed by atoms with Gasteiger partial charge >= 0.3 is 0 Å². The highest BCUT2D eigenvalue weighted by Gasteiger charge is 2.23. The van der Waals surface area contributed by atoms with Crippen LogP contribution in [0.1, 0.15) is 31.3 Å². The molecule has 25 heavy (non-hydrogen) atoms. The molecule has 6 nitrogen and oxygen atoms in total. The summed E-state index contributed by atoms with van der Waals surface area (Å²) in [6.07, 6.45) is 0. The molecular formula is C17H32IN5OS. The summed E-state index contributed by atoms with van der Waals surface area (Å²) in [6, 6.07) is 0.489. The van der Waals surface area contributed by atoms with Crippen molar-refractivity contribution in [1.82, 2.24) is 20.5 Å². The van der Waals surface area contributed by atoms with E-state index in [0.717, 1.165) is 51.0 Å². The summed E-state index contributed by atoms with van der Waals surface area (Å²) in [5.41, 5.74) is 2.96. The van der Waals surface area contributed by atoms with Gasteiger partial charge in [0.2, 0.25) is 0 Å². The first-order valence-corrected chi connectivity index (χ1v) is 9.72. The minimum atomic E-state index is 0. The van der Waals surface area contributed by atoms with Crippen molar-refractivity contribution in [2.75, 3.05) is 39.4 Å². The number of aliphatic imine (C=N–C) groups is 1. The molecule has 1 saturated heterocycles. The van der Waals surface area contributed by atoms with Gasteiger partial charge in [0.1, 0.15) is 0 Å². The number of aromatic nitrogens is 1. The maximum atomic E-state index is 5.48. The van der Waals surface area contributed by atoms with Gasteiger partial charge in [-0.3, -0.25) is 4.90 Å². The molecule has 1 aromatic rings. The van der Waals surface area contributed by atoms with Gasteiger partial charge in [0.05, 0.1) is 31.0 Å². The van der Waals surface area contributed by atoms with E-state index >= 15 is 0 Å². The molecule has 0 amide bonds. The average Bonchev–Trinajstić information content (AvgIpc) is 2.98. The topological polar surface area (TPSA) is 61.8 Å². The minimum absolute atomic E-state index is 0. The van der Waals surface area contributed by atoms with Crippen LogP contribution in [-0.2, 0) is 11.3 Å². The molecule has 0 aliphatic carbocycles. The first-order chi connectivity index (χ1) is 11.6. The van der Waals surface area contributed by atoms with Crippen LogP contribution in [0.2, 0.25) is 0 Å². The van der Waals surface area contributed by atoms with Gasteiger partial charge in [-0.25, -0.2) is 9.98 Å². The third-order valence-electron chi connectivity index (χ3n) is 4.33. The number of aryl methyl sites for hydroxylation is 1. The van der Waals surface area contributed by atoms with Crippen LogP contribution in [0, 0.1) is 12.8 Å². The van der Waals surface area contributed by atoms with Crippen molar-refractivity contribution in [1.29, 1.82) is 0 Å². The highest BCUT2D eigenvalue weighted by molar-refractivity contribution is 14.0. The maximum Gasteiger partial charge on any atom is 0.191 e. The standard InChI is InChI=1S/C17H31N5OS.HI/c1-5-18-17(20-11-16-14(4)21-12-24-16)19-10-15(13(2)3)22-6-8-23-9-7-22;/h12-13,15H,5-11H2,1-4H3,(H2,18,19,20);1H. The lowest BCUT2D eigenvalue weighted by molar-refractivity contribution is 0.00752. The number of nitrogens with one attached hydrogen (secondary N) is 2. The number of thiazole rings is 1. The van der Waals surface area contributed by atoms with Crippen molar-refractivity contribution >= 4 is 41.3 Å². The lowest BCUT2D eigenvalue weighted by Gasteiger charge is -2.37. The zero-order valence-electron chi connectivity index (χ0n) is 15.7. The summed E-state index contributed by atoms with van der Waals surface area (Å²) < 4.78 is 5.48. The van der Waals surface area contributed by atoms with Crippen molar-refractivity contribution in [2.24, 2.45) is 10.9 Å². The summed E-state index contributed by atoms with van der Waals surface area (Å²) in [6.45, 7) is 14.8. The largest absolute Gasteiger partial charge is 0.379 e. The highest BCUT2D eigenvalue weighted by Crippen LogP contribution is 2.14. The van der Waals surface area contributed by atoms with Crippen LogP contribution >= 0.6 is 35.3 Å². The number of guanidine groups is 1. The van der Waals surface area contributed by atoms with Gasteiger partial charge in [-0.05, 0) is 19.8 Å². The molecule has 2 rings (SSSR count). The molecule has 1 atom stereocenters. The molecule has 0 saturated carbocycles.